The maximum absolute atomic E-state index is 12.3. The van der Waals surface area contributed by atoms with Gasteiger partial charge in [0.05, 0.1) is 18.3 Å². The van der Waals surface area contributed by atoms with Crippen LogP contribution in [0.5, 0.6) is 5.75 Å². The summed E-state index contributed by atoms with van der Waals surface area (Å²) in [4.78, 5) is 24.5. The molecule has 0 saturated carbocycles. The maximum Gasteiger partial charge on any atom is 0.349 e. The highest BCUT2D eigenvalue weighted by atomic mass is 16.5. The number of fused-ring (bicyclic) bond motifs is 1. The lowest BCUT2D eigenvalue weighted by Crippen LogP contribution is -2.27. The van der Waals surface area contributed by atoms with Gasteiger partial charge in [0.25, 0.3) is 5.91 Å². The summed E-state index contributed by atoms with van der Waals surface area (Å²) in [6.45, 7) is 5.92. The van der Waals surface area contributed by atoms with Crippen LogP contribution in [0.3, 0.4) is 0 Å². The SMILES string of the molecule is CCc1cc(CNC(=O)c2cc3ccc(OC(C)C)cc3oc2=O)on1. The molecule has 0 unspecified atom stereocenters. The number of aryl methyl sites for hydroxylation is 1. The van der Waals surface area contributed by atoms with Crippen LogP contribution in [0, 0.1) is 0 Å². The first-order chi connectivity index (χ1) is 12.5. The van der Waals surface area contributed by atoms with Crippen LogP contribution in [0.1, 0.15) is 42.6 Å². The Morgan fingerprint density at radius 1 is 1.27 bits per heavy atom. The zero-order valence-corrected chi connectivity index (χ0v) is 14.9. The molecule has 0 radical (unpaired) electrons. The van der Waals surface area contributed by atoms with Crippen molar-refractivity contribution < 1.29 is 18.5 Å². The molecular weight excluding hydrogens is 336 g/mol. The van der Waals surface area contributed by atoms with Gasteiger partial charge in [-0.2, -0.15) is 0 Å². The number of amides is 1. The number of nitrogens with one attached hydrogen (secondary N) is 1. The van der Waals surface area contributed by atoms with E-state index < -0.39 is 11.5 Å². The molecule has 2 heterocycles. The molecule has 7 nitrogen and oxygen atoms in total. The molecule has 0 spiro atoms. The molecule has 3 aromatic rings. The van der Waals surface area contributed by atoms with Crippen LogP contribution < -0.4 is 15.7 Å². The van der Waals surface area contributed by atoms with Crippen LogP contribution in [0.25, 0.3) is 11.0 Å². The largest absolute Gasteiger partial charge is 0.491 e. The highest BCUT2D eigenvalue weighted by molar-refractivity contribution is 5.96. The summed E-state index contributed by atoms with van der Waals surface area (Å²) in [6.07, 6.45) is 0.752. The first-order valence-corrected chi connectivity index (χ1v) is 8.43. The Kier molecular flexibility index (Phi) is 5.06. The Hall–Kier alpha value is -3.09. The third-order valence-corrected chi connectivity index (χ3v) is 3.72. The van der Waals surface area contributed by atoms with E-state index in [0.29, 0.717) is 22.5 Å². The molecule has 0 aliphatic rings. The number of benzene rings is 1. The summed E-state index contributed by atoms with van der Waals surface area (Å²) < 4.78 is 16.0. The summed E-state index contributed by atoms with van der Waals surface area (Å²) in [7, 11) is 0. The zero-order valence-electron chi connectivity index (χ0n) is 14.9. The standard InChI is InChI=1S/C19H20N2O5/c1-4-13-8-15(26-21-13)10-20-18(22)16-7-12-5-6-14(24-11(2)3)9-17(12)25-19(16)23/h5-9,11H,4,10H2,1-3H3,(H,20,22). The monoisotopic (exact) mass is 356 g/mol. The van der Waals surface area contributed by atoms with Gasteiger partial charge >= 0.3 is 5.63 Å². The Balaban J connectivity index is 1.79. The fourth-order valence-electron chi connectivity index (χ4n) is 2.46. The lowest BCUT2D eigenvalue weighted by Gasteiger charge is -2.10. The normalized spacial score (nSPS) is 11.1. The third kappa shape index (κ3) is 3.93. The molecule has 2 aromatic heterocycles. The average Bonchev–Trinajstić information content (AvgIpc) is 3.06. The van der Waals surface area contributed by atoms with Crippen molar-refractivity contribution in [1.82, 2.24) is 10.5 Å². The van der Waals surface area contributed by atoms with Crippen molar-refractivity contribution in [2.45, 2.75) is 39.8 Å². The predicted molar refractivity (Wildman–Crippen MR) is 95.3 cm³/mol. The Morgan fingerprint density at radius 2 is 2.08 bits per heavy atom. The van der Waals surface area contributed by atoms with Gasteiger partial charge in [0.2, 0.25) is 0 Å². The van der Waals surface area contributed by atoms with E-state index in [1.165, 1.54) is 6.07 Å². The van der Waals surface area contributed by atoms with E-state index in [1.807, 2.05) is 20.8 Å². The fourth-order valence-corrected chi connectivity index (χ4v) is 2.46. The van der Waals surface area contributed by atoms with Gasteiger partial charge < -0.3 is 19.0 Å². The van der Waals surface area contributed by atoms with Crippen LogP contribution in [0.4, 0.5) is 0 Å². The molecule has 0 bridgehead atoms. The Labute approximate surface area is 149 Å². The van der Waals surface area contributed by atoms with E-state index in [-0.39, 0.29) is 18.2 Å². The van der Waals surface area contributed by atoms with Gasteiger partial charge in [-0.15, -0.1) is 0 Å². The average molecular weight is 356 g/mol. The summed E-state index contributed by atoms with van der Waals surface area (Å²) in [5, 5.41) is 7.13. The van der Waals surface area contributed by atoms with E-state index >= 15 is 0 Å². The second-order valence-electron chi connectivity index (χ2n) is 6.13. The zero-order chi connectivity index (χ0) is 18.7. The number of carbonyl (C=O) groups is 1. The minimum Gasteiger partial charge on any atom is -0.491 e. The van der Waals surface area contributed by atoms with Crippen LogP contribution in [0.2, 0.25) is 0 Å². The van der Waals surface area contributed by atoms with Crippen LogP contribution in [0.15, 0.2) is 44.1 Å². The van der Waals surface area contributed by atoms with Crippen molar-refractivity contribution in [3.63, 3.8) is 0 Å². The minimum absolute atomic E-state index is 0.00791. The van der Waals surface area contributed by atoms with E-state index in [0.717, 1.165) is 12.1 Å². The number of hydrogen-bond donors (Lipinski definition) is 1. The molecule has 0 fully saturated rings. The van der Waals surface area contributed by atoms with Gasteiger partial charge in [0.15, 0.2) is 5.76 Å². The van der Waals surface area contributed by atoms with Gasteiger partial charge in [0.1, 0.15) is 16.9 Å². The first-order valence-electron chi connectivity index (χ1n) is 8.43. The van der Waals surface area contributed by atoms with Gasteiger partial charge in [0, 0.05) is 17.5 Å². The number of nitrogens with zero attached hydrogens (tertiary/aromatic N) is 1. The van der Waals surface area contributed by atoms with Crippen molar-refractivity contribution in [3.05, 3.63) is 57.8 Å². The molecular formula is C19H20N2O5. The van der Waals surface area contributed by atoms with E-state index in [4.69, 9.17) is 13.7 Å². The topological polar surface area (TPSA) is 94.6 Å². The highest BCUT2D eigenvalue weighted by Crippen LogP contribution is 2.21. The van der Waals surface area contributed by atoms with Crippen molar-refractivity contribution in [3.8, 4) is 5.75 Å². The van der Waals surface area contributed by atoms with E-state index in [9.17, 15) is 9.59 Å². The molecule has 0 aliphatic carbocycles. The molecule has 0 aliphatic heterocycles. The first kappa shape index (κ1) is 17.7. The molecule has 3 rings (SSSR count). The summed E-state index contributed by atoms with van der Waals surface area (Å²) in [6, 6.07) is 8.42. The highest BCUT2D eigenvalue weighted by Gasteiger charge is 2.15. The van der Waals surface area contributed by atoms with Gasteiger partial charge in [-0.1, -0.05) is 12.1 Å². The molecule has 1 N–H and O–H groups in total. The Bertz CT molecular complexity index is 987. The number of rotatable bonds is 6. The summed E-state index contributed by atoms with van der Waals surface area (Å²) in [5.74, 6) is 0.596. The van der Waals surface area contributed by atoms with Gasteiger partial charge in [-0.3, -0.25) is 4.79 Å². The number of carbonyl (C=O) groups excluding carboxylic acids is 1. The lowest BCUT2D eigenvalue weighted by molar-refractivity contribution is 0.0943. The minimum atomic E-state index is -0.705. The molecule has 0 atom stereocenters. The van der Waals surface area contributed by atoms with Gasteiger partial charge in [-0.05, 0) is 38.5 Å². The van der Waals surface area contributed by atoms with Crippen molar-refractivity contribution in [2.75, 3.05) is 0 Å². The predicted octanol–water partition coefficient (Wildman–Crippen LogP) is 3.06. The summed E-state index contributed by atoms with van der Waals surface area (Å²) in [5.41, 5.74) is 0.403. The maximum atomic E-state index is 12.3. The number of hydrogen-bond acceptors (Lipinski definition) is 6. The third-order valence-electron chi connectivity index (χ3n) is 3.72. The molecule has 1 aromatic carbocycles. The quantitative estimate of drug-likeness (QED) is 0.682. The lowest BCUT2D eigenvalue weighted by atomic mass is 10.1. The molecule has 0 saturated heterocycles. The Morgan fingerprint density at radius 3 is 2.77 bits per heavy atom. The smallest absolute Gasteiger partial charge is 0.349 e. The van der Waals surface area contributed by atoms with Gasteiger partial charge in [-0.25, -0.2) is 4.79 Å². The van der Waals surface area contributed by atoms with Crippen LogP contribution in [-0.4, -0.2) is 17.2 Å². The number of ether oxygens (including phenoxy) is 1. The van der Waals surface area contributed by atoms with Crippen molar-refractivity contribution in [2.24, 2.45) is 0 Å². The van der Waals surface area contributed by atoms with Crippen LogP contribution >= 0.6 is 0 Å². The molecule has 1 amide bonds. The fraction of sp³-hybridized carbons (Fsp3) is 0.316. The van der Waals surface area contributed by atoms with Crippen molar-refractivity contribution >= 4 is 16.9 Å². The summed E-state index contributed by atoms with van der Waals surface area (Å²) >= 11 is 0. The van der Waals surface area contributed by atoms with E-state index in [1.54, 1.807) is 24.3 Å². The molecule has 7 heteroatoms. The number of aromatic nitrogens is 1. The second kappa shape index (κ2) is 7.43. The van der Waals surface area contributed by atoms with Crippen LogP contribution in [-0.2, 0) is 13.0 Å². The molecule has 26 heavy (non-hydrogen) atoms. The van der Waals surface area contributed by atoms with E-state index in [2.05, 4.69) is 10.5 Å². The second-order valence-corrected chi connectivity index (χ2v) is 6.13. The molecule has 136 valence electrons. The van der Waals surface area contributed by atoms with Crippen molar-refractivity contribution in [1.29, 1.82) is 0 Å².